The Morgan fingerprint density at radius 3 is 1.56 bits per heavy atom. The molecule has 0 amide bonds. The van der Waals surface area contributed by atoms with Gasteiger partial charge in [-0.15, -0.1) is 0 Å². The van der Waals surface area contributed by atoms with Gasteiger partial charge in [-0.3, -0.25) is 4.79 Å². The van der Waals surface area contributed by atoms with E-state index < -0.39 is 11.5 Å². The number of nitrogens with zero attached hydrogens (tertiary/aromatic N) is 1. The van der Waals surface area contributed by atoms with Crippen LogP contribution >= 0.6 is 0 Å². The number of phenolic OH excluding ortho intramolecular Hbond substituents is 1. The van der Waals surface area contributed by atoms with E-state index in [2.05, 4.69) is 68.4 Å². The summed E-state index contributed by atoms with van der Waals surface area (Å²) < 4.78 is 23.4. The highest BCUT2D eigenvalue weighted by atomic mass is 16.7. The van der Waals surface area contributed by atoms with Gasteiger partial charge in [0, 0.05) is 13.0 Å². The molecular formula is C47H59NO6. The predicted octanol–water partition coefficient (Wildman–Crippen LogP) is 11.5. The Labute approximate surface area is 323 Å². The first-order valence-electron chi connectivity index (χ1n) is 19.2. The average molecular weight is 734 g/mol. The van der Waals surface area contributed by atoms with Gasteiger partial charge in [0.2, 0.25) is 0 Å². The first-order valence-corrected chi connectivity index (χ1v) is 19.2. The van der Waals surface area contributed by atoms with Crippen molar-refractivity contribution >= 4 is 5.97 Å². The number of esters is 1. The molecule has 0 heterocycles. The molecular weight excluding hydrogens is 675 g/mol. The minimum Gasteiger partial charge on any atom is -0.508 e. The number of benzene rings is 4. The van der Waals surface area contributed by atoms with E-state index in [0.717, 1.165) is 33.8 Å². The van der Waals surface area contributed by atoms with Crippen LogP contribution in [0.5, 0.6) is 17.2 Å². The molecule has 0 aliphatic rings. The van der Waals surface area contributed by atoms with E-state index in [0.29, 0.717) is 13.0 Å². The molecule has 1 N–H and O–H groups in total. The number of hydrogen-bond donors (Lipinski definition) is 1. The summed E-state index contributed by atoms with van der Waals surface area (Å²) in [5, 5.41) is 20.2. The van der Waals surface area contributed by atoms with E-state index in [4.69, 9.17) is 18.9 Å². The number of nitriles is 1. The Bertz CT molecular complexity index is 1800. The molecule has 6 atom stereocenters. The number of phenols is 1. The van der Waals surface area contributed by atoms with Gasteiger partial charge in [0.15, 0.2) is 6.29 Å². The van der Waals surface area contributed by atoms with E-state index in [1.54, 1.807) is 12.1 Å². The molecule has 288 valence electrons. The lowest BCUT2D eigenvalue weighted by Gasteiger charge is -2.37. The maximum Gasteiger partial charge on any atom is 0.306 e. The third kappa shape index (κ3) is 12.1. The Hall–Kier alpha value is -4.80. The fraction of sp³-hybridized carbons (Fsp3) is 0.447. The lowest BCUT2D eigenvalue weighted by molar-refractivity contribution is -0.154. The zero-order valence-corrected chi connectivity index (χ0v) is 33.8. The Morgan fingerprint density at radius 1 is 0.667 bits per heavy atom. The largest absolute Gasteiger partial charge is 0.508 e. The summed E-state index contributed by atoms with van der Waals surface area (Å²) in [6, 6.07) is 35.0. The fourth-order valence-corrected chi connectivity index (χ4v) is 7.14. The van der Waals surface area contributed by atoms with Gasteiger partial charge < -0.3 is 24.1 Å². The topological polar surface area (TPSA) is 98.0 Å². The van der Waals surface area contributed by atoms with Crippen molar-refractivity contribution in [2.24, 2.45) is 0 Å². The Balaban J connectivity index is 1.77. The number of aromatic hydroxyl groups is 1. The minimum atomic E-state index is -0.566. The molecule has 0 spiro atoms. The summed E-state index contributed by atoms with van der Waals surface area (Å²) in [7, 11) is 0. The summed E-state index contributed by atoms with van der Waals surface area (Å²) in [4.78, 5) is 12.4. The van der Waals surface area contributed by atoms with Gasteiger partial charge in [-0.1, -0.05) is 74.5 Å². The van der Waals surface area contributed by atoms with Crippen LogP contribution in [-0.4, -0.2) is 35.2 Å². The summed E-state index contributed by atoms with van der Waals surface area (Å²) in [6.07, 6.45) is 0.201. The molecule has 4 aromatic carbocycles. The molecule has 0 saturated heterocycles. The zero-order chi connectivity index (χ0) is 39.6. The monoisotopic (exact) mass is 733 g/mol. The van der Waals surface area contributed by atoms with E-state index in [9.17, 15) is 15.2 Å². The van der Waals surface area contributed by atoms with Gasteiger partial charge >= 0.3 is 5.97 Å². The van der Waals surface area contributed by atoms with Gasteiger partial charge in [0.05, 0.1) is 12.0 Å². The molecule has 4 aromatic rings. The van der Waals surface area contributed by atoms with Crippen LogP contribution in [0.15, 0.2) is 97.1 Å². The van der Waals surface area contributed by atoms with Crippen LogP contribution < -0.4 is 9.47 Å². The number of carbonyl (C=O) groups excluding carboxylic acids is 1. The van der Waals surface area contributed by atoms with Gasteiger partial charge in [0.25, 0.3) is 0 Å². The maximum atomic E-state index is 12.4. The summed E-state index contributed by atoms with van der Waals surface area (Å²) in [5.74, 6) is 1.13. The zero-order valence-electron chi connectivity index (χ0n) is 33.8. The fourth-order valence-electron chi connectivity index (χ4n) is 7.14. The second-order valence-corrected chi connectivity index (χ2v) is 16.2. The smallest absolute Gasteiger partial charge is 0.306 e. The molecule has 0 aromatic heterocycles. The van der Waals surface area contributed by atoms with Crippen molar-refractivity contribution in [2.75, 3.05) is 6.61 Å². The quantitative estimate of drug-likeness (QED) is 0.0904. The minimum absolute atomic E-state index is 0.00217. The van der Waals surface area contributed by atoms with E-state index in [1.165, 1.54) is 5.56 Å². The van der Waals surface area contributed by atoms with Crippen molar-refractivity contribution in [3.63, 3.8) is 0 Å². The van der Waals surface area contributed by atoms with Crippen molar-refractivity contribution in [3.05, 3.63) is 125 Å². The van der Waals surface area contributed by atoms with Crippen LogP contribution in [0.2, 0.25) is 0 Å². The molecule has 7 heteroatoms. The molecule has 0 aliphatic heterocycles. The van der Waals surface area contributed by atoms with Crippen molar-refractivity contribution < 1.29 is 28.8 Å². The van der Waals surface area contributed by atoms with Gasteiger partial charge in [0.1, 0.15) is 28.5 Å². The molecule has 0 saturated carbocycles. The second-order valence-electron chi connectivity index (χ2n) is 16.2. The average Bonchev–Trinajstić information content (AvgIpc) is 3.10. The first-order chi connectivity index (χ1) is 25.5. The number of carbonyl (C=O) groups is 1. The van der Waals surface area contributed by atoms with Gasteiger partial charge in [-0.2, -0.15) is 5.26 Å². The predicted molar refractivity (Wildman–Crippen MR) is 215 cm³/mol. The van der Waals surface area contributed by atoms with Crippen molar-refractivity contribution in [1.82, 2.24) is 0 Å². The van der Waals surface area contributed by atoms with Crippen LogP contribution in [0.25, 0.3) is 0 Å². The normalized spacial score (nSPS) is 15.2. The SMILES string of the molecule is CCOC(C)Oc1ccc(C(C(C)c2ccc(O)cc2)C(c2ccc(OC(C)(C)C)cc2)C(C)c2ccc(C(C#N)CCC(=O)OC(C)(C)C)cc2)cc1. The van der Waals surface area contributed by atoms with E-state index in [1.807, 2.05) is 91.8 Å². The van der Waals surface area contributed by atoms with Crippen LogP contribution in [0.1, 0.15) is 139 Å². The molecule has 4 rings (SSSR count). The van der Waals surface area contributed by atoms with E-state index >= 15 is 0 Å². The number of rotatable bonds is 16. The van der Waals surface area contributed by atoms with Gasteiger partial charge in [-0.05, 0) is 150 Å². The molecule has 0 radical (unpaired) electrons. The van der Waals surface area contributed by atoms with Crippen molar-refractivity contribution in [1.29, 1.82) is 5.26 Å². The highest BCUT2D eigenvalue weighted by Crippen LogP contribution is 2.50. The Morgan fingerprint density at radius 2 is 1.11 bits per heavy atom. The van der Waals surface area contributed by atoms with E-state index in [-0.39, 0.29) is 53.7 Å². The van der Waals surface area contributed by atoms with Crippen LogP contribution in [0.4, 0.5) is 0 Å². The van der Waals surface area contributed by atoms with Crippen LogP contribution in [0.3, 0.4) is 0 Å². The lowest BCUT2D eigenvalue weighted by atomic mass is 9.66. The molecule has 0 aliphatic carbocycles. The van der Waals surface area contributed by atoms with Crippen LogP contribution in [-0.2, 0) is 14.3 Å². The maximum absolute atomic E-state index is 12.4. The molecule has 0 fully saturated rings. The summed E-state index contributed by atoms with van der Waals surface area (Å²) in [6.45, 7) is 20.6. The summed E-state index contributed by atoms with van der Waals surface area (Å²) in [5.41, 5.74) is 4.56. The molecule has 6 unspecified atom stereocenters. The number of ether oxygens (including phenoxy) is 4. The standard InChI is InChI=1S/C47H59NO6/c1-11-51-33(4)52-41-25-18-37(19-26-41)45(32(3)35-16-23-40(49)24-17-35)44(38-20-27-42(28-21-38)53-46(5,6)7)31(2)34-12-14-36(15-13-34)39(30-48)22-29-43(50)54-47(8,9)10/h12-21,23-28,31-33,39,44-45,49H,11,22,29H2,1-10H3. The number of hydrogen-bond acceptors (Lipinski definition) is 7. The third-order valence-electron chi connectivity index (χ3n) is 9.62. The highest BCUT2D eigenvalue weighted by Gasteiger charge is 2.35. The first kappa shape index (κ1) is 41.9. The lowest BCUT2D eigenvalue weighted by Crippen LogP contribution is -2.24. The van der Waals surface area contributed by atoms with Crippen molar-refractivity contribution in [3.8, 4) is 23.3 Å². The Kier molecular flexibility index (Phi) is 14.4. The summed E-state index contributed by atoms with van der Waals surface area (Å²) >= 11 is 0. The molecule has 7 nitrogen and oxygen atoms in total. The molecule has 54 heavy (non-hydrogen) atoms. The second kappa shape index (κ2) is 18.5. The van der Waals surface area contributed by atoms with Gasteiger partial charge in [-0.25, -0.2) is 0 Å². The third-order valence-corrected chi connectivity index (χ3v) is 9.62. The molecule has 0 bridgehead atoms. The highest BCUT2D eigenvalue weighted by molar-refractivity contribution is 5.70. The van der Waals surface area contributed by atoms with Crippen LogP contribution in [0, 0.1) is 11.3 Å². The van der Waals surface area contributed by atoms with Crippen molar-refractivity contribution in [2.45, 2.75) is 129 Å².